The van der Waals surface area contributed by atoms with Crippen LogP contribution >= 0.6 is 11.6 Å². The molecule has 3 rings (SSSR count). The summed E-state index contributed by atoms with van der Waals surface area (Å²) in [6.45, 7) is 6.16. The third-order valence-corrected chi connectivity index (χ3v) is 3.76. The normalized spacial score (nSPS) is 11.0. The van der Waals surface area contributed by atoms with E-state index in [1.54, 1.807) is 0 Å². The first kappa shape index (κ1) is 13.1. The van der Waals surface area contributed by atoms with Crippen LogP contribution in [-0.4, -0.2) is 9.97 Å². The quantitative estimate of drug-likeness (QED) is 0.595. The fourth-order valence-electron chi connectivity index (χ4n) is 2.53. The van der Waals surface area contributed by atoms with Crippen LogP contribution in [0, 0.1) is 20.8 Å². The summed E-state index contributed by atoms with van der Waals surface area (Å²) >= 11 is 6.37. The number of halogens is 1. The molecule has 0 aliphatic rings. The molecule has 0 bridgehead atoms. The van der Waals surface area contributed by atoms with Gasteiger partial charge in [-0.3, -0.25) is 0 Å². The molecule has 100 valence electrons. The number of aromatic nitrogens is 2. The minimum Gasteiger partial charge on any atom is -0.228 e. The fraction of sp³-hybridized carbons (Fsp3) is 0.176. The predicted octanol–water partition coefficient (Wildman–Crippen LogP) is 4.88. The molecule has 0 amide bonds. The van der Waals surface area contributed by atoms with Crippen molar-refractivity contribution in [3.63, 3.8) is 0 Å². The average Bonchev–Trinajstić information content (AvgIpc) is 2.37. The van der Waals surface area contributed by atoms with Crippen LogP contribution < -0.4 is 0 Å². The lowest BCUT2D eigenvalue weighted by Crippen LogP contribution is -1.95. The Morgan fingerprint density at radius 1 is 0.900 bits per heavy atom. The van der Waals surface area contributed by atoms with Crippen LogP contribution in [0.3, 0.4) is 0 Å². The van der Waals surface area contributed by atoms with E-state index in [4.69, 9.17) is 16.6 Å². The van der Waals surface area contributed by atoms with Gasteiger partial charge in [-0.1, -0.05) is 41.9 Å². The first-order chi connectivity index (χ1) is 9.56. The highest BCUT2D eigenvalue weighted by molar-refractivity contribution is 6.34. The standard InChI is InChI=1S/C17H15ClN2/c1-10-8-12(3)15-14(9-10)19-17(20-16(15)18)13-7-5-4-6-11(13)2/h4-9H,1-3H3. The molecule has 0 unspecified atom stereocenters. The summed E-state index contributed by atoms with van der Waals surface area (Å²) < 4.78 is 0. The number of hydrogen-bond acceptors (Lipinski definition) is 2. The molecule has 3 heteroatoms. The van der Waals surface area contributed by atoms with Crippen LogP contribution in [0.4, 0.5) is 0 Å². The van der Waals surface area contributed by atoms with Gasteiger partial charge in [0.15, 0.2) is 5.82 Å². The highest BCUT2D eigenvalue weighted by Gasteiger charge is 2.11. The second kappa shape index (κ2) is 4.88. The van der Waals surface area contributed by atoms with Crippen LogP contribution in [0.15, 0.2) is 36.4 Å². The van der Waals surface area contributed by atoms with E-state index in [1.807, 2.05) is 25.1 Å². The monoisotopic (exact) mass is 282 g/mol. The Balaban J connectivity index is 2.33. The number of nitrogens with zero attached hydrogens (tertiary/aromatic N) is 2. The van der Waals surface area contributed by atoms with Gasteiger partial charge < -0.3 is 0 Å². The SMILES string of the molecule is Cc1cc(C)c2c(Cl)nc(-c3ccccc3C)nc2c1. The lowest BCUT2D eigenvalue weighted by Gasteiger charge is -2.09. The molecule has 0 atom stereocenters. The lowest BCUT2D eigenvalue weighted by atomic mass is 10.1. The lowest BCUT2D eigenvalue weighted by molar-refractivity contribution is 1.20. The Hall–Kier alpha value is -1.93. The maximum Gasteiger partial charge on any atom is 0.161 e. The first-order valence-electron chi connectivity index (χ1n) is 6.57. The summed E-state index contributed by atoms with van der Waals surface area (Å²) in [6, 6.07) is 12.2. The Morgan fingerprint density at radius 3 is 2.40 bits per heavy atom. The third-order valence-electron chi connectivity index (χ3n) is 3.48. The molecule has 0 saturated carbocycles. The summed E-state index contributed by atoms with van der Waals surface area (Å²) in [4.78, 5) is 9.17. The third kappa shape index (κ3) is 2.16. The largest absolute Gasteiger partial charge is 0.228 e. The van der Waals surface area contributed by atoms with Gasteiger partial charge in [-0.05, 0) is 43.5 Å². The summed E-state index contributed by atoms with van der Waals surface area (Å²) in [5.74, 6) is 0.686. The van der Waals surface area contributed by atoms with Crippen molar-refractivity contribution in [3.05, 3.63) is 58.2 Å². The fourth-order valence-corrected chi connectivity index (χ4v) is 2.86. The van der Waals surface area contributed by atoms with Crippen molar-refractivity contribution in [2.75, 3.05) is 0 Å². The van der Waals surface area contributed by atoms with E-state index in [2.05, 4.69) is 37.0 Å². The van der Waals surface area contributed by atoms with Crippen LogP contribution in [-0.2, 0) is 0 Å². The zero-order chi connectivity index (χ0) is 14.3. The Labute approximate surface area is 123 Å². The summed E-state index contributed by atoms with van der Waals surface area (Å²) in [5, 5.41) is 1.46. The summed E-state index contributed by atoms with van der Waals surface area (Å²) in [7, 11) is 0. The molecule has 2 nitrogen and oxygen atoms in total. The van der Waals surface area contributed by atoms with Crippen LogP contribution in [0.1, 0.15) is 16.7 Å². The zero-order valence-corrected chi connectivity index (χ0v) is 12.5. The van der Waals surface area contributed by atoms with Crippen LogP contribution in [0.2, 0.25) is 5.15 Å². The molecular formula is C17H15ClN2. The van der Waals surface area contributed by atoms with E-state index in [0.717, 1.165) is 27.6 Å². The number of aryl methyl sites for hydroxylation is 3. The molecule has 1 heterocycles. The minimum absolute atomic E-state index is 0.519. The van der Waals surface area contributed by atoms with Gasteiger partial charge in [0, 0.05) is 10.9 Å². The van der Waals surface area contributed by atoms with Crippen molar-refractivity contribution in [1.82, 2.24) is 9.97 Å². The van der Waals surface area contributed by atoms with Crippen molar-refractivity contribution in [1.29, 1.82) is 0 Å². The van der Waals surface area contributed by atoms with E-state index in [-0.39, 0.29) is 0 Å². The average molecular weight is 283 g/mol. The summed E-state index contributed by atoms with van der Waals surface area (Å²) in [6.07, 6.45) is 0. The van der Waals surface area contributed by atoms with Crippen molar-refractivity contribution in [2.24, 2.45) is 0 Å². The van der Waals surface area contributed by atoms with Gasteiger partial charge in [-0.15, -0.1) is 0 Å². The molecule has 0 aliphatic carbocycles. The van der Waals surface area contributed by atoms with Crippen molar-refractivity contribution in [2.45, 2.75) is 20.8 Å². The molecule has 0 spiro atoms. The van der Waals surface area contributed by atoms with Gasteiger partial charge in [0.25, 0.3) is 0 Å². The number of hydrogen-bond donors (Lipinski definition) is 0. The summed E-state index contributed by atoms with van der Waals surface area (Å²) in [5.41, 5.74) is 5.37. The van der Waals surface area contributed by atoms with E-state index in [1.165, 1.54) is 5.56 Å². The van der Waals surface area contributed by atoms with E-state index in [9.17, 15) is 0 Å². The smallest absolute Gasteiger partial charge is 0.161 e. The second-order valence-electron chi connectivity index (χ2n) is 5.13. The van der Waals surface area contributed by atoms with Crippen molar-refractivity contribution in [3.8, 4) is 11.4 Å². The van der Waals surface area contributed by atoms with E-state index < -0.39 is 0 Å². The molecule has 1 aromatic heterocycles. The van der Waals surface area contributed by atoms with Crippen molar-refractivity contribution >= 4 is 22.5 Å². The first-order valence-corrected chi connectivity index (χ1v) is 6.94. The van der Waals surface area contributed by atoms with Crippen LogP contribution in [0.5, 0.6) is 0 Å². The van der Waals surface area contributed by atoms with Gasteiger partial charge in [0.2, 0.25) is 0 Å². The number of rotatable bonds is 1. The molecule has 0 radical (unpaired) electrons. The molecule has 0 aliphatic heterocycles. The Morgan fingerprint density at radius 2 is 1.65 bits per heavy atom. The highest BCUT2D eigenvalue weighted by atomic mass is 35.5. The minimum atomic E-state index is 0.519. The van der Waals surface area contributed by atoms with Gasteiger partial charge in [-0.25, -0.2) is 9.97 Å². The van der Waals surface area contributed by atoms with Gasteiger partial charge in [0.1, 0.15) is 5.15 Å². The molecule has 0 saturated heterocycles. The van der Waals surface area contributed by atoms with Gasteiger partial charge in [-0.2, -0.15) is 0 Å². The van der Waals surface area contributed by atoms with Crippen LogP contribution in [0.25, 0.3) is 22.3 Å². The Kier molecular flexibility index (Phi) is 3.19. The Bertz CT molecular complexity index is 809. The zero-order valence-electron chi connectivity index (χ0n) is 11.7. The molecule has 3 aromatic rings. The maximum absolute atomic E-state index is 6.37. The number of benzene rings is 2. The molecule has 0 N–H and O–H groups in total. The van der Waals surface area contributed by atoms with Gasteiger partial charge in [0.05, 0.1) is 5.52 Å². The maximum atomic E-state index is 6.37. The molecular weight excluding hydrogens is 268 g/mol. The number of fused-ring (bicyclic) bond motifs is 1. The molecule has 20 heavy (non-hydrogen) atoms. The van der Waals surface area contributed by atoms with Gasteiger partial charge >= 0.3 is 0 Å². The van der Waals surface area contributed by atoms with Crippen molar-refractivity contribution < 1.29 is 0 Å². The van der Waals surface area contributed by atoms with E-state index >= 15 is 0 Å². The second-order valence-corrected chi connectivity index (χ2v) is 5.49. The van der Waals surface area contributed by atoms with E-state index in [0.29, 0.717) is 11.0 Å². The molecule has 2 aromatic carbocycles. The molecule has 0 fully saturated rings. The highest BCUT2D eigenvalue weighted by Crippen LogP contribution is 2.29. The predicted molar refractivity (Wildman–Crippen MR) is 84.2 cm³/mol. The topological polar surface area (TPSA) is 25.8 Å².